The van der Waals surface area contributed by atoms with Gasteiger partial charge < -0.3 is 19.7 Å². The van der Waals surface area contributed by atoms with Gasteiger partial charge in [0, 0.05) is 30.4 Å². The summed E-state index contributed by atoms with van der Waals surface area (Å²) in [4.78, 5) is 18.2. The first-order valence-electron chi connectivity index (χ1n) is 11.2. The first kappa shape index (κ1) is 20.5. The first-order chi connectivity index (χ1) is 15.6. The Kier molecular flexibility index (Phi) is 5.32. The number of nitriles is 1. The van der Waals surface area contributed by atoms with Crippen molar-refractivity contribution in [1.82, 2.24) is 10.3 Å². The van der Waals surface area contributed by atoms with Gasteiger partial charge >= 0.3 is 5.97 Å². The molecule has 1 aliphatic heterocycles. The van der Waals surface area contributed by atoms with E-state index in [2.05, 4.69) is 29.3 Å². The van der Waals surface area contributed by atoms with E-state index in [1.165, 1.54) is 24.9 Å². The molecule has 0 unspecified atom stereocenters. The summed E-state index contributed by atoms with van der Waals surface area (Å²) in [7, 11) is 0. The van der Waals surface area contributed by atoms with Crippen LogP contribution in [0.15, 0.2) is 28.7 Å². The maximum Gasteiger partial charge on any atom is 0.317 e. The largest absolute Gasteiger partial charge is 0.480 e. The maximum atomic E-state index is 11.0. The molecular formula is C25H26N4O3. The van der Waals surface area contributed by atoms with E-state index in [0.29, 0.717) is 29.0 Å². The zero-order valence-electron chi connectivity index (χ0n) is 18.1. The van der Waals surface area contributed by atoms with Crippen LogP contribution in [0.25, 0.3) is 22.6 Å². The lowest BCUT2D eigenvalue weighted by molar-refractivity contribution is -0.136. The second kappa shape index (κ2) is 8.29. The van der Waals surface area contributed by atoms with Gasteiger partial charge in [0.05, 0.1) is 6.54 Å². The number of carbonyl (C=O) groups is 1. The number of aromatic nitrogens is 1. The lowest BCUT2D eigenvalue weighted by atomic mass is 10.0. The number of carboxylic acids is 1. The number of nitrogens with one attached hydrogen (secondary N) is 1. The van der Waals surface area contributed by atoms with E-state index in [1.807, 2.05) is 18.2 Å². The van der Waals surface area contributed by atoms with Crippen LogP contribution in [0, 0.1) is 18.3 Å². The molecule has 1 atom stereocenters. The Morgan fingerprint density at radius 3 is 2.91 bits per heavy atom. The van der Waals surface area contributed by atoms with Crippen LogP contribution in [0.2, 0.25) is 0 Å². The Bertz CT molecular complexity index is 1230. The lowest BCUT2D eigenvalue weighted by Crippen LogP contribution is -2.30. The Hall–Kier alpha value is -3.37. The van der Waals surface area contributed by atoms with E-state index in [-0.39, 0.29) is 12.6 Å². The number of fused-ring (bicyclic) bond motifs is 2. The van der Waals surface area contributed by atoms with E-state index in [4.69, 9.17) is 14.5 Å². The molecule has 0 saturated carbocycles. The monoisotopic (exact) mass is 430 g/mol. The van der Waals surface area contributed by atoms with Crippen molar-refractivity contribution in [3.63, 3.8) is 0 Å². The summed E-state index contributed by atoms with van der Waals surface area (Å²) in [6.07, 6.45) is 5.17. The van der Waals surface area contributed by atoms with Crippen LogP contribution in [0.3, 0.4) is 0 Å². The number of carboxylic acid groups (broad SMARTS) is 1. The van der Waals surface area contributed by atoms with Crippen molar-refractivity contribution in [2.24, 2.45) is 0 Å². The fourth-order valence-corrected chi connectivity index (χ4v) is 5.14. The van der Waals surface area contributed by atoms with Crippen LogP contribution in [0.4, 0.5) is 5.69 Å². The molecule has 3 aromatic rings. The highest BCUT2D eigenvalue weighted by molar-refractivity contribution is 5.86. The highest BCUT2D eigenvalue weighted by Crippen LogP contribution is 2.40. The number of rotatable bonds is 5. The van der Waals surface area contributed by atoms with Crippen molar-refractivity contribution >= 4 is 22.8 Å². The van der Waals surface area contributed by atoms with Gasteiger partial charge in [-0.25, -0.2) is 4.98 Å². The maximum absolute atomic E-state index is 11.0. The highest BCUT2D eigenvalue weighted by Gasteiger charge is 2.29. The van der Waals surface area contributed by atoms with E-state index < -0.39 is 5.97 Å². The van der Waals surface area contributed by atoms with Gasteiger partial charge in [0.25, 0.3) is 0 Å². The molecule has 32 heavy (non-hydrogen) atoms. The van der Waals surface area contributed by atoms with Crippen molar-refractivity contribution in [2.45, 2.75) is 45.1 Å². The van der Waals surface area contributed by atoms with Crippen molar-refractivity contribution in [1.29, 1.82) is 5.26 Å². The van der Waals surface area contributed by atoms with Crippen LogP contribution in [0.5, 0.6) is 0 Å². The van der Waals surface area contributed by atoms with Gasteiger partial charge in [0.2, 0.25) is 5.89 Å². The van der Waals surface area contributed by atoms with Crippen LogP contribution >= 0.6 is 0 Å². The molecule has 7 nitrogen and oxygen atoms in total. The number of hydrogen-bond acceptors (Lipinski definition) is 6. The van der Waals surface area contributed by atoms with E-state index in [9.17, 15) is 10.1 Å². The molecule has 0 amide bonds. The fourth-order valence-electron chi connectivity index (χ4n) is 5.14. The average molecular weight is 431 g/mol. The average Bonchev–Trinajstić information content (AvgIpc) is 3.40. The van der Waals surface area contributed by atoms with E-state index in [0.717, 1.165) is 41.8 Å². The molecule has 2 N–H and O–H groups in total. The summed E-state index contributed by atoms with van der Waals surface area (Å²) in [5, 5.41) is 22.0. The summed E-state index contributed by atoms with van der Waals surface area (Å²) in [6, 6.07) is 10.4. The normalized spacial score (nSPS) is 18.0. The van der Waals surface area contributed by atoms with E-state index in [1.54, 1.807) is 0 Å². The quantitative estimate of drug-likeness (QED) is 0.621. The fraction of sp³-hybridized carbons (Fsp3) is 0.400. The Morgan fingerprint density at radius 2 is 2.16 bits per heavy atom. The van der Waals surface area contributed by atoms with Gasteiger partial charge in [-0.2, -0.15) is 5.26 Å². The molecule has 5 rings (SSSR count). The van der Waals surface area contributed by atoms with Crippen LogP contribution in [0.1, 0.15) is 54.0 Å². The number of piperidine rings is 1. The number of nitrogens with zero attached hydrogens (tertiary/aromatic N) is 3. The number of oxazole rings is 1. The van der Waals surface area contributed by atoms with Gasteiger partial charge in [0.15, 0.2) is 5.58 Å². The molecule has 2 heterocycles. The Balaban J connectivity index is 1.56. The predicted octanol–water partition coefficient (Wildman–Crippen LogP) is 4.33. The molecule has 0 spiro atoms. The minimum Gasteiger partial charge on any atom is -0.480 e. The molecule has 0 bridgehead atoms. The van der Waals surface area contributed by atoms with Crippen molar-refractivity contribution < 1.29 is 14.3 Å². The molecule has 164 valence electrons. The summed E-state index contributed by atoms with van der Waals surface area (Å²) >= 11 is 0. The van der Waals surface area contributed by atoms with Gasteiger partial charge in [-0.15, -0.1) is 0 Å². The van der Waals surface area contributed by atoms with Crippen molar-refractivity contribution in [2.75, 3.05) is 24.5 Å². The molecular weight excluding hydrogens is 404 g/mol. The van der Waals surface area contributed by atoms with Gasteiger partial charge in [-0.3, -0.25) is 4.79 Å². The number of benzene rings is 2. The van der Waals surface area contributed by atoms with Gasteiger partial charge in [0.1, 0.15) is 17.1 Å². The topological polar surface area (TPSA) is 102 Å². The third kappa shape index (κ3) is 3.51. The molecule has 2 aromatic carbocycles. The third-order valence-electron chi connectivity index (χ3n) is 6.73. The summed E-state index contributed by atoms with van der Waals surface area (Å²) in [5.74, 6) is -0.376. The molecule has 2 aliphatic rings. The zero-order chi connectivity index (χ0) is 22.2. The minimum absolute atomic E-state index is 0.0954. The second-order valence-electron chi connectivity index (χ2n) is 8.66. The SMILES string of the molecule is Cc1c(-c2nc3cc4c(c(C#N)c3o2)CC[C@H]4NCC(=O)O)cccc1N1CCCCC1. The molecule has 0 radical (unpaired) electrons. The smallest absolute Gasteiger partial charge is 0.317 e. The summed E-state index contributed by atoms with van der Waals surface area (Å²) in [6.45, 7) is 4.11. The summed E-state index contributed by atoms with van der Waals surface area (Å²) in [5.41, 5.74) is 6.84. The summed E-state index contributed by atoms with van der Waals surface area (Å²) < 4.78 is 6.19. The lowest BCUT2D eigenvalue weighted by Gasteiger charge is -2.30. The first-order valence-corrected chi connectivity index (χ1v) is 11.2. The van der Waals surface area contributed by atoms with E-state index >= 15 is 0 Å². The predicted molar refractivity (Wildman–Crippen MR) is 122 cm³/mol. The number of hydrogen-bond donors (Lipinski definition) is 2. The highest BCUT2D eigenvalue weighted by atomic mass is 16.4. The minimum atomic E-state index is -0.896. The molecule has 1 aromatic heterocycles. The molecule has 1 saturated heterocycles. The standard InChI is InChI=1S/C25H26N4O3/c1-15-16(6-5-7-22(15)29-10-3-2-4-11-29)25-28-21-12-18-17(19(13-26)24(21)32-25)8-9-20(18)27-14-23(30)31/h5-7,12,20,27H,2-4,8-11,14H2,1H3,(H,30,31)/t20-/m1/s1. The van der Waals surface area contributed by atoms with Crippen LogP contribution < -0.4 is 10.2 Å². The second-order valence-corrected chi connectivity index (χ2v) is 8.66. The zero-order valence-corrected chi connectivity index (χ0v) is 18.1. The number of anilines is 1. The third-order valence-corrected chi connectivity index (χ3v) is 6.73. The van der Waals surface area contributed by atoms with Crippen LogP contribution in [-0.2, 0) is 11.2 Å². The van der Waals surface area contributed by atoms with Crippen molar-refractivity contribution in [3.8, 4) is 17.5 Å². The Morgan fingerprint density at radius 1 is 1.34 bits per heavy atom. The molecule has 1 aliphatic carbocycles. The van der Waals surface area contributed by atoms with Gasteiger partial charge in [-0.05, 0) is 73.9 Å². The molecule has 7 heteroatoms. The molecule has 1 fully saturated rings. The van der Waals surface area contributed by atoms with Crippen molar-refractivity contribution in [3.05, 3.63) is 46.5 Å². The Labute approximate surface area is 186 Å². The van der Waals surface area contributed by atoms with Gasteiger partial charge in [-0.1, -0.05) is 6.07 Å². The number of aliphatic carboxylic acids is 1. The van der Waals surface area contributed by atoms with Crippen LogP contribution in [-0.4, -0.2) is 35.7 Å².